The second-order valence-corrected chi connectivity index (χ2v) is 9.49. The van der Waals surface area contributed by atoms with Gasteiger partial charge in [-0.25, -0.2) is 0 Å². The Balaban J connectivity index is 1.66. The van der Waals surface area contributed by atoms with Crippen LogP contribution in [-0.2, 0) is 9.59 Å². The Kier molecular flexibility index (Phi) is 6.21. The number of hydrogen-bond donors (Lipinski definition) is 1. The molecule has 2 aliphatic rings. The molecule has 2 aliphatic heterocycles. The molecule has 0 spiro atoms. The van der Waals surface area contributed by atoms with Crippen LogP contribution < -0.4 is 5.32 Å². The van der Waals surface area contributed by atoms with Gasteiger partial charge in [-0.15, -0.1) is 11.8 Å². The van der Waals surface area contributed by atoms with E-state index in [0.29, 0.717) is 18.2 Å². The van der Waals surface area contributed by atoms with Crippen molar-refractivity contribution in [3.05, 3.63) is 23.7 Å². The van der Waals surface area contributed by atoms with E-state index in [1.807, 2.05) is 39.8 Å². The predicted octanol–water partition coefficient (Wildman–Crippen LogP) is 2.79. The maximum Gasteiger partial charge on any atom is 0.243 e. The highest BCUT2D eigenvalue weighted by Crippen LogP contribution is 2.29. The summed E-state index contributed by atoms with van der Waals surface area (Å²) in [6.45, 7) is 10.2. The van der Waals surface area contributed by atoms with Crippen molar-refractivity contribution in [2.75, 3.05) is 31.3 Å². The number of rotatable bonds is 5. The number of hydrogen-bond acceptors (Lipinski definition) is 5. The molecular weight excluding hydrogens is 362 g/mol. The lowest BCUT2D eigenvalue weighted by molar-refractivity contribution is -0.144. The van der Waals surface area contributed by atoms with Crippen molar-refractivity contribution in [3.63, 3.8) is 0 Å². The molecule has 3 heterocycles. The predicted molar refractivity (Wildman–Crippen MR) is 107 cm³/mol. The zero-order valence-electron chi connectivity index (χ0n) is 16.8. The fraction of sp³-hybridized carbons (Fsp3) is 0.700. The number of nitrogens with one attached hydrogen (secondary N) is 1. The average Bonchev–Trinajstić information content (AvgIpc) is 3.35. The molecule has 2 fully saturated rings. The Bertz CT molecular complexity index is 676. The molecule has 0 aromatic carbocycles. The van der Waals surface area contributed by atoms with Crippen molar-refractivity contribution in [2.45, 2.75) is 52.6 Å². The highest BCUT2D eigenvalue weighted by atomic mass is 32.2. The van der Waals surface area contributed by atoms with Gasteiger partial charge in [-0.05, 0) is 45.0 Å². The molecule has 2 unspecified atom stereocenters. The fourth-order valence-corrected chi connectivity index (χ4v) is 4.86. The summed E-state index contributed by atoms with van der Waals surface area (Å²) in [6.07, 6.45) is 2.36. The molecule has 1 N–H and O–H groups in total. The first kappa shape index (κ1) is 20.3. The second kappa shape index (κ2) is 8.27. The van der Waals surface area contributed by atoms with Gasteiger partial charge in [0, 0.05) is 17.7 Å². The summed E-state index contributed by atoms with van der Waals surface area (Å²) >= 11 is 1.64. The van der Waals surface area contributed by atoms with Gasteiger partial charge in [0.25, 0.3) is 0 Å². The quantitative estimate of drug-likeness (QED) is 0.833. The summed E-state index contributed by atoms with van der Waals surface area (Å²) in [5.41, 5.74) is -0.479. The minimum absolute atomic E-state index is 0.0328. The second-order valence-electron chi connectivity index (χ2n) is 8.49. The van der Waals surface area contributed by atoms with Crippen molar-refractivity contribution in [3.8, 4) is 0 Å². The highest BCUT2D eigenvalue weighted by Gasteiger charge is 2.39. The van der Waals surface area contributed by atoms with Gasteiger partial charge in [-0.1, -0.05) is 20.8 Å². The number of amides is 2. The van der Waals surface area contributed by atoms with E-state index in [9.17, 15) is 9.59 Å². The monoisotopic (exact) mass is 393 g/mol. The summed E-state index contributed by atoms with van der Waals surface area (Å²) in [5.74, 6) is 2.99. The van der Waals surface area contributed by atoms with Crippen molar-refractivity contribution in [2.24, 2.45) is 5.41 Å². The Morgan fingerprint density at radius 1 is 1.30 bits per heavy atom. The Hall–Kier alpha value is -1.47. The van der Waals surface area contributed by atoms with Crippen molar-refractivity contribution >= 4 is 23.6 Å². The molecular formula is C20H31N3O3S. The Morgan fingerprint density at radius 3 is 2.59 bits per heavy atom. The molecule has 0 radical (unpaired) electrons. The maximum absolute atomic E-state index is 12.9. The van der Waals surface area contributed by atoms with Gasteiger partial charge < -0.3 is 14.6 Å². The van der Waals surface area contributed by atoms with E-state index in [1.165, 1.54) is 12.8 Å². The molecule has 0 aliphatic carbocycles. The lowest BCUT2D eigenvalue weighted by Gasteiger charge is -2.30. The molecule has 3 rings (SSSR count). The highest BCUT2D eigenvalue weighted by molar-refractivity contribution is 7.99. The Morgan fingerprint density at radius 2 is 2.00 bits per heavy atom. The van der Waals surface area contributed by atoms with Crippen LogP contribution in [0.4, 0.5) is 0 Å². The number of likely N-dealkylation sites (tertiary alicyclic amines) is 1. The van der Waals surface area contributed by atoms with Gasteiger partial charge >= 0.3 is 0 Å². The summed E-state index contributed by atoms with van der Waals surface area (Å²) in [6, 6.07) is 3.63. The molecule has 1 aromatic heterocycles. The average molecular weight is 394 g/mol. The third kappa shape index (κ3) is 4.69. The number of nitrogens with zero attached hydrogens (tertiary/aromatic N) is 2. The van der Waals surface area contributed by atoms with Crippen LogP contribution in [0.3, 0.4) is 0 Å². The first-order chi connectivity index (χ1) is 12.8. The molecule has 7 heteroatoms. The van der Waals surface area contributed by atoms with E-state index in [0.717, 1.165) is 24.6 Å². The number of furan rings is 1. The number of aryl methyl sites for hydroxylation is 1. The normalized spacial score (nSPS) is 22.2. The van der Waals surface area contributed by atoms with Gasteiger partial charge in [0.1, 0.15) is 17.6 Å². The van der Waals surface area contributed by atoms with Crippen LogP contribution in [0.25, 0.3) is 0 Å². The minimum atomic E-state index is -0.479. The third-order valence-corrected chi connectivity index (χ3v) is 6.24. The van der Waals surface area contributed by atoms with E-state index >= 15 is 0 Å². The van der Waals surface area contributed by atoms with Gasteiger partial charge in [0.05, 0.1) is 11.9 Å². The lowest BCUT2D eigenvalue weighted by Crippen LogP contribution is -2.51. The SMILES string of the molecule is Cc1ccc(C(CNC(=O)C2CSCN2C(=O)C(C)(C)C)N2CCCC2)o1. The van der Waals surface area contributed by atoms with E-state index in [2.05, 4.69) is 10.2 Å². The smallest absolute Gasteiger partial charge is 0.243 e. The van der Waals surface area contributed by atoms with Crippen LogP contribution >= 0.6 is 11.8 Å². The lowest BCUT2D eigenvalue weighted by atomic mass is 9.94. The van der Waals surface area contributed by atoms with Crippen molar-refractivity contribution in [1.29, 1.82) is 0 Å². The summed E-state index contributed by atoms with van der Waals surface area (Å²) in [7, 11) is 0. The van der Waals surface area contributed by atoms with Crippen LogP contribution in [-0.4, -0.2) is 58.9 Å². The molecule has 0 bridgehead atoms. The van der Waals surface area contributed by atoms with Crippen LogP contribution in [0.2, 0.25) is 0 Å². The third-order valence-electron chi connectivity index (χ3n) is 5.23. The summed E-state index contributed by atoms with van der Waals surface area (Å²) in [4.78, 5) is 29.6. The fourth-order valence-electron chi connectivity index (χ4n) is 3.70. The first-order valence-electron chi connectivity index (χ1n) is 9.74. The number of thioether (sulfide) groups is 1. The first-order valence-corrected chi connectivity index (χ1v) is 10.9. The van der Waals surface area contributed by atoms with E-state index in [4.69, 9.17) is 4.42 Å². The van der Waals surface area contributed by atoms with Crippen LogP contribution in [0.1, 0.15) is 51.2 Å². The zero-order valence-corrected chi connectivity index (χ0v) is 17.6. The van der Waals surface area contributed by atoms with Crippen LogP contribution in [0.5, 0.6) is 0 Å². The molecule has 6 nitrogen and oxygen atoms in total. The van der Waals surface area contributed by atoms with E-state index in [1.54, 1.807) is 16.7 Å². The molecule has 0 saturated carbocycles. The molecule has 2 amide bonds. The van der Waals surface area contributed by atoms with Crippen LogP contribution in [0, 0.1) is 12.3 Å². The molecule has 2 saturated heterocycles. The zero-order chi connectivity index (χ0) is 19.6. The Labute approximate surface area is 166 Å². The van der Waals surface area contributed by atoms with Gasteiger partial charge in [-0.3, -0.25) is 14.5 Å². The van der Waals surface area contributed by atoms with Crippen molar-refractivity contribution < 1.29 is 14.0 Å². The minimum Gasteiger partial charge on any atom is -0.465 e. The maximum atomic E-state index is 12.9. The number of carbonyl (C=O) groups excluding carboxylic acids is 2. The van der Waals surface area contributed by atoms with Gasteiger partial charge in [0.2, 0.25) is 11.8 Å². The topological polar surface area (TPSA) is 65.8 Å². The van der Waals surface area contributed by atoms with Crippen LogP contribution in [0.15, 0.2) is 16.5 Å². The molecule has 27 heavy (non-hydrogen) atoms. The van der Waals surface area contributed by atoms with Crippen molar-refractivity contribution in [1.82, 2.24) is 15.1 Å². The summed E-state index contributed by atoms with van der Waals surface area (Å²) in [5, 5.41) is 3.10. The van der Waals surface area contributed by atoms with E-state index in [-0.39, 0.29) is 23.9 Å². The van der Waals surface area contributed by atoms with Gasteiger partial charge in [0.15, 0.2) is 0 Å². The summed E-state index contributed by atoms with van der Waals surface area (Å²) < 4.78 is 5.86. The standard InChI is InChI=1S/C20H31N3O3S/c1-14-7-8-17(26-14)15(22-9-5-6-10-22)11-21-18(24)16-12-27-13-23(16)19(25)20(2,3)4/h7-8,15-16H,5-6,9-13H2,1-4H3,(H,21,24). The van der Waals surface area contributed by atoms with Gasteiger partial charge in [-0.2, -0.15) is 0 Å². The largest absolute Gasteiger partial charge is 0.465 e. The molecule has 1 aromatic rings. The van der Waals surface area contributed by atoms with E-state index < -0.39 is 5.41 Å². The number of carbonyl (C=O) groups is 2. The molecule has 2 atom stereocenters. The molecule has 150 valence electrons.